The molecule has 30 heavy (non-hydrogen) atoms. The van der Waals surface area contributed by atoms with Gasteiger partial charge in [0.05, 0.1) is 24.2 Å². The van der Waals surface area contributed by atoms with E-state index in [2.05, 4.69) is 6.58 Å². The zero-order chi connectivity index (χ0) is 22.6. The van der Waals surface area contributed by atoms with E-state index in [0.717, 1.165) is 5.57 Å². The Morgan fingerprint density at radius 3 is 2.57 bits per heavy atom. The molecule has 168 valence electrons. The highest BCUT2D eigenvalue weighted by molar-refractivity contribution is 5.71. The molecule has 0 spiro atoms. The fourth-order valence-electron chi connectivity index (χ4n) is 5.13. The number of ether oxygens (including phenoxy) is 3. The number of hydrogen-bond donors (Lipinski definition) is 3. The van der Waals surface area contributed by atoms with Gasteiger partial charge >= 0.3 is 11.9 Å². The Kier molecular flexibility index (Phi) is 5.69. The van der Waals surface area contributed by atoms with E-state index < -0.39 is 58.9 Å². The van der Waals surface area contributed by atoms with Gasteiger partial charge in [-0.15, -0.1) is 0 Å². The van der Waals surface area contributed by atoms with Gasteiger partial charge in [0, 0.05) is 24.2 Å². The van der Waals surface area contributed by atoms with Crippen molar-refractivity contribution in [1.29, 1.82) is 0 Å². The van der Waals surface area contributed by atoms with Crippen LogP contribution in [0.4, 0.5) is 0 Å². The van der Waals surface area contributed by atoms with E-state index in [-0.39, 0.29) is 19.4 Å². The molecule has 1 aliphatic heterocycles. The Bertz CT molecular complexity index is 780. The summed E-state index contributed by atoms with van der Waals surface area (Å²) in [5, 5.41) is 31.5. The van der Waals surface area contributed by atoms with Crippen LogP contribution in [0.1, 0.15) is 47.5 Å². The van der Waals surface area contributed by atoms with Gasteiger partial charge in [-0.05, 0) is 31.9 Å². The average Bonchev–Trinajstić information content (AvgIpc) is 2.73. The Morgan fingerprint density at radius 1 is 1.37 bits per heavy atom. The number of fused-ring (bicyclic) bond motifs is 4. The van der Waals surface area contributed by atoms with Gasteiger partial charge in [0.2, 0.25) is 0 Å². The average molecular weight is 424 g/mol. The summed E-state index contributed by atoms with van der Waals surface area (Å²) in [5.41, 5.74) is -1.97. The Balaban J connectivity index is 2.01. The summed E-state index contributed by atoms with van der Waals surface area (Å²) in [6.07, 6.45) is -2.49. The topological polar surface area (TPSA) is 123 Å². The van der Waals surface area contributed by atoms with Crippen LogP contribution in [-0.4, -0.2) is 70.0 Å². The van der Waals surface area contributed by atoms with Crippen molar-refractivity contribution in [1.82, 2.24) is 0 Å². The van der Waals surface area contributed by atoms with E-state index in [1.54, 1.807) is 13.0 Å². The zero-order valence-electron chi connectivity index (χ0n) is 18.2. The van der Waals surface area contributed by atoms with Gasteiger partial charge in [0.25, 0.3) is 0 Å². The lowest BCUT2D eigenvalue weighted by molar-refractivity contribution is -0.188. The highest BCUT2D eigenvalue weighted by Crippen LogP contribution is 2.64. The molecule has 0 unspecified atom stereocenters. The molecule has 2 fully saturated rings. The first-order valence-corrected chi connectivity index (χ1v) is 10.2. The quantitative estimate of drug-likeness (QED) is 0.442. The number of hydrogen-bond acceptors (Lipinski definition) is 8. The van der Waals surface area contributed by atoms with Crippen LogP contribution in [0.2, 0.25) is 0 Å². The highest BCUT2D eigenvalue weighted by atomic mass is 16.6. The van der Waals surface area contributed by atoms with Crippen molar-refractivity contribution < 1.29 is 39.1 Å². The molecule has 1 heterocycles. The second-order valence-corrected chi connectivity index (χ2v) is 9.66. The number of carbonyl (C=O) groups is 2. The lowest BCUT2D eigenvalue weighted by Gasteiger charge is -2.57. The molecular formula is C22H32O8. The van der Waals surface area contributed by atoms with Crippen molar-refractivity contribution >= 4 is 11.9 Å². The summed E-state index contributed by atoms with van der Waals surface area (Å²) < 4.78 is 17.2. The van der Waals surface area contributed by atoms with Crippen LogP contribution in [0.5, 0.6) is 0 Å². The van der Waals surface area contributed by atoms with Crippen molar-refractivity contribution in [3.05, 3.63) is 23.8 Å². The first kappa shape index (κ1) is 22.9. The van der Waals surface area contributed by atoms with E-state index in [1.165, 1.54) is 20.8 Å². The molecule has 2 aliphatic carbocycles. The van der Waals surface area contributed by atoms with Gasteiger partial charge in [0.1, 0.15) is 24.9 Å². The van der Waals surface area contributed by atoms with Crippen molar-refractivity contribution in [2.45, 2.75) is 83.6 Å². The molecule has 1 saturated heterocycles. The largest absolute Gasteiger partial charge is 0.465 e. The predicted molar refractivity (Wildman–Crippen MR) is 106 cm³/mol. The minimum absolute atomic E-state index is 0.0949. The summed E-state index contributed by atoms with van der Waals surface area (Å²) >= 11 is 0. The molecule has 8 heteroatoms. The van der Waals surface area contributed by atoms with Crippen molar-refractivity contribution in [3.63, 3.8) is 0 Å². The maximum Gasteiger partial charge on any atom is 0.309 e. The zero-order valence-corrected chi connectivity index (χ0v) is 18.2. The summed E-state index contributed by atoms with van der Waals surface area (Å²) in [5.74, 6) is -1.05. The summed E-state index contributed by atoms with van der Waals surface area (Å²) in [4.78, 5) is 24.0. The maximum atomic E-state index is 12.4. The molecule has 0 aromatic heterocycles. The van der Waals surface area contributed by atoms with Gasteiger partial charge in [-0.2, -0.15) is 0 Å². The number of carbonyl (C=O) groups excluding carboxylic acids is 2. The second-order valence-electron chi connectivity index (χ2n) is 9.66. The van der Waals surface area contributed by atoms with E-state index >= 15 is 0 Å². The summed E-state index contributed by atoms with van der Waals surface area (Å²) in [6.45, 7) is 11.9. The minimum Gasteiger partial charge on any atom is -0.465 e. The van der Waals surface area contributed by atoms with Crippen LogP contribution in [0, 0.1) is 10.8 Å². The first-order chi connectivity index (χ1) is 13.7. The Hall–Kier alpha value is -1.74. The van der Waals surface area contributed by atoms with Crippen LogP contribution < -0.4 is 0 Å². The van der Waals surface area contributed by atoms with Gasteiger partial charge in [-0.25, -0.2) is 0 Å². The van der Waals surface area contributed by atoms with Gasteiger partial charge in [-0.3, -0.25) is 9.59 Å². The molecule has 3 rings (SSSR count). The second kappa shape index (κ2) is 7.44. The van der Waals surface area contributed by atoms with Crippen LogP contribution in [0.25, 0.3) is 0 Å². The molecule has 2 bridgehead atoms. The lowest BCUT2D eigenvalue weighted by atomic mass is 9.53. The maximum absolute atomic E-state index is 12.4. The standard InChI is InChI=1S/C22H32O8/c1-11-7-15-22(10-28-13(3)23,8-14(11)29-16(24)9-20(4,5)27)21(6)12(2)18(30-15)17(25)19(21)26/h7,14-15,17-19,25-27H,2,8-10H2,1,3-6H3/t14-,15+,17-,18-,19+,21+,22+/m0/s1. The Labute approximate surface area is 176 Å². The van der Waals surface area contributed by atoms with Crippen molar-refractivity contribution in [2.24, 2.45) is 10.8 Å². The first-order valence-electron chi connectivity index (χ1n) is 10.2. The van der Waals surface area contributed by atoms with E-state index in [0.29, 0.717) is 5.57 Å². The van der Waals surface area contributed by atoms with E-state index in [4.69, 9.17) is 14.2 Å². The van der Waals surface area contributed by atoms with Gasteiger partial charge in [-0.1, -0.05) is 19.6 Å². The molecule has 3 N–H and O–H groups in total. The minimum atomic E-state index is -1.21. The third-order valence-electron chi connectivity index (χ3n) is 6.96. The van der Waals surface area contributed by atoms with Crippen LogP contribution in [-0.2, 0) is 23.8 Å². The van der Waals surface area contributed by atoms with Crippen LogP contribution in [0.3, 0.4) is 0 Å². The fraction of sp³-hybridized carbons (Fsp3) is 0.727. The molecular weight excluding hydrogens is 392 g/mol. The highest BCUT2D eigenvalue weighted by Gasteiger charge is 2.71. The number of esters is 2. The van der Waals surface area contributed by atoms with Crippen LogP contribution in [0.15, 0.2) is 23.8 Å². The SMILES string of the molecule is C=C1[C@@H]2O[C@@H]3C=C(C)[C@@H](OC(=O)CC(C)(C)O)C[C@]3(COC(C)=O)[C@@]1(C)[C@H](O)[C@H]2O. The molecule has 3 aliphatic rings. The molecule has 7 atom stereocenters. The Morgan fingerprint density at radius 2 is 2.00 bits per heavy atom. The third kappa shape index (κ3) is 3.49. The smallest absolute Gasteiger partial charge is 0.309 e. The monoisotopic (exact) mass is 424 g/mol. The molecule has 0 amide bonds. The number of rotatable bonds is 5. The number of aliphatic hydroxyl groups excluding tert-OH is 2. The van der Waals surface area contributed by atoms with Crippen molar-refractivity contribution in [3.8, 4) is 0 Å². The van der Waals surface area contributed by atoms with Crippen molar-refractivity contribution in [2.75, 3.05) is 6.61 Å². The normalized spacial score (nSPS) is 40.5. The molecule has 0 radical (unpaired) electrons. The lowest BCUT2D eigenvalue weighted by Crippen LogP contribution is -2.61. The number of aliphatic hydroxyl groups is 3. The molecule has 0 aromatic rings. The molecule has 1 saturated carbocycles. The fourth-order valence-corrected chi connectivity index (χ4v) is 5.13. The van der Waals surface area contributed by atoms with E-state index in [1.807, 2.05) is 6.92 Å². The van der Waals surface area contributed by atoms with E-state index in [9.17, 15) is 24.9 Å². The third-order valence-corrected chi connectivity index (χ3v) is 6.96. The van der Waals surface area contributed by atoms with Crippen LogP contribution >= 0.6 is 0 Å². The van der Waals surface area contributed by atoms with Gasteiger partial charge in [0.15, 0.2) is 0 Å². The predicted octanol–water partition coefficient (Wildman–Crippen LogP) is 1.02. The summed E-state index contributed by atoms with van der Waals surface area (Å²) in [6, 6.07) is 0. The summed E-state index contributed by atoms with van der Waals surface area (Å²) in [7, 11) is 0. The van der Waals surface area contributed by atoms with Gasteiger partial charge < -0.3 is 29.5 Å². The molecule has 8 nitrogen and oxygen atoms in total. The molecule has 0 aromatic carbocycles.